The summed E-state index contributed by atoms with van der Waals surface area (Å²) in [7, 11) is 0. The third-order valence-electron chi connectivity index (χ3n) is 3.88. The molecule has 3 rings (SSSR count). The van der Waals surface area contributed by atoms with E-state index in [4.69, 9.17) is 4.74 Å². The standard InChI is InChI=1S/C21H15F3N4O3/c22-21(23,24)16-7-4-8-17(11-16)28(27-12-15-5-2-1-3-6-15)19(29)14-31-20(30)18-13-25-9-10-26-18/h1-13H,14H2. The lowest BCUT2D eigenvalue weighted by molar-refractivity contribution is -0.137. The van der Waals surface area contributed by atoms with E-state index in [1.54, 1.807) is 30.3 Å². The Morgan fingerprint density at radius 1 is 1.06 bits per heavy atom. The van der Waals surface area contributed by atoms with Crippen molar-refractivity contribution in [3.8, 4) is 0 Å². The number of hydrogen-bond acceptors (Lipinski definition) is 6. The average Bonchev–Trinajstić information content (AvgIpc) is 2.78. The van der Waals surface area contributed by atoms with Crippen molar-refractivity contribution < 1.29 is 27.5 Å². The van der Waals surface area contributed by atoms with Gasteiger partial charge in [0.25, 0.3) is 5.91 Å². The SMILES string of the molecule is O=C(OCC(=O)N(N=Cc1ccccc1)c1cccc(C(F)(F)F)c1)c1cnccn1. The summed E-state index contributed by atoms with van der Waals surface area (Å²) < 4.78 is 44.2. The van der Waals surface area contributed by atoms with Crippen LogP contribution in [0.2, 0.25) is 0 Å². The highest BCUT2D eigenvalue weighted by Gasteiger charge is 2.31. The minimum absolute atomic E-state index is 0.117. The highest BCUT2D eigenvalue weighted by atomic mass is 19.4. The van der Waals surface area contributed by atoms with E-state index >= 15 is 0 Å². The van der Waals surface area contributed by atoms with Crippen LogP contribution in [0.5, 0.6) is 0 Å². The number of anilines is 1. The van der Waals surface area contributed by atoms with E-state index in [1.807, 2.05) is 0 Å². The van der Waals surface area contributed by atoms with Gasteiger partial charge in [0.1, 0.15) is 0 Å². The Hall–Kier alpha value is -4.08. The summed E-state index contributed by atoms with van der Waals surface area (Å²) in [4.78, 5) is 32.2. The molecule has 3 aromatic rings. The summed E-state index contributed by atoms with van der Waals surface area (Å²) >= 11 is 0. The van der Waals surface area contributed by atoms with Crippen LogP contribution in [0.4, 0.5) is 18.9 Å². The third kappa shape index (κ3) is 5.95. The molecule has 0 saturated carbocycles. The average molecular weight is 428 g/mol. The maximum atomic E-state index is 13.1. The van der Waals surface area contributed by atoms with Gasteiger partial charge in [-0.25, -0.2) is 9.78 Å². The Balaban J connectivity index is 1.84. The molecular weight excluding hydrogens is 413 g/mol. The van der Waals surface area contributed by atoms with Gasteiger partial charge in [-0.05, 0) is 23.8 Å². The van der Waals surface area contributed by atoms with Gasteiger partial charge in [0.15, 0.2) is 12.3 Å². The number of amides is 1. The third-order valence-corrected chi connectivity index (χ3v) is 3.88. The quantitative estimate of drug-likeness (QED) is 0.339. The first-order valence-corrected chi connectivity index (χ1v) is 8.87. The maximum Gasteiger partial charge on any atom is 0.416 e. The van der Waals surface area contributed by atoms with Gasteiger partial charge in [-0.3, -0.25) is 9.78 Å². The second kappa shape index (κ2) is 9.61. The fourth-order valence-corrected chi connectivity index (χ4v) is 2.42. The molecule has 0 atom stereocenters. The van der Waals surface area contributed by atoms with E-state index in [1.165, 1.54) is 24.7 Å². The van der Waals surface area contributed by atoms with E-state index in [-0.39, 0.29) is 11.4 Å². The lowest BCUT2D eigenvalue weighted by atomic mass is 10.2. The zero-order valence-electron chi connectivity index (χ0n) is 15.9. The normalized spacial score (nSPS) is 11.3. The van der Waals surface area contributed by atoms with Crippen molar-refractivity contribution in [3.63, 3.8) is 0 Å². The molecule has 0 unspecified atom stereocenters. The van der Waals surface area contributed by atoms with Crippen LogP contribution in [-0.4, -0.2) is 34.7 Å². The number of benzene rings is 2. The number of rotatable bonds is 6. The first kappa shape index (κ1) is 21.6. The molecule has 0 fully saturated rings. The zero-order valence-corrected chi connectivity index (χ0v) is 15.9. The number of alkyl halides is 3. The Morgan fingerprint density at radius 2 is 1.84 bits per heavy atom. The van der Waals surface area contributed by atoms with E-state index in [0.29, 0.717) is 5.56 Å². The predicted molar refractivity (Wildman–Crippen MR) is 105 cm³/mol. The van der Waals surface area contributed by atoms with Crippen molar-refractivity contribution in [2.45, 2.75) is 6.18 Å². The van der Waals surface area contributed by atoms with Crippen molar-refractivity contribution in [1.82, 2.24) is 9.97 Å². The first-order chi connectivity index (χ1) is 14.8. The maximum absolute atomic E-state index is 13.1. The smallest absolute Gasteiger partial charge is 0.416 e. The molecule has 0 radical (unpaired) electrons. The van der Waals surface area contributed by atoms with Crippen LogP contribution in [0, 0.1) is 0 Å². The van der Waals surface area contributed by atoms with Crippen molar-refractivity contribution in [2.24, 2.45) is 5.10 Å². The summed E-state index contributed by atoms with van der Waals surface area (Å²) in [5.41, 5.74) is -0.589. The highest BCUT2D eigenvalue weighted by Crippen LogP contribution is 2.31. The fraction of sp³-hybridized carbons (Fsp3) is 0.0952. The van der Waals surface area contributed by atoms with Crippen LogP contribution < -0.4 is 5.01 Å². The Labute approximate surface area is 174 Å². The van der Waals surface area contributed by atoms with Gasteiger partial charge in [0.05, 0.1) is 23.7 Å². The fourth-order valence-electron chi connectivity index (χ4n) is 2.42. The van der Waals surface area contributed by atoms with Gasteiger partial charge < -0.3 is 4.74 Å². The lowest BCUT2D eigenvalue weighted by Crippen LogP contribution is -2.31. The summed E-state index contributed by atoms with van der Waals surface area (Å²) in [6.45, 7) is -0.766. The number of carbonyl (C=O) groups excluding carboxylic acids is 2. The van der Waals surface area contributed by atoms with Crippen LogP contribution in [0.1, 0.15) is 21.6 Å². The number of hydrazone groups is 1. The Bertz CT molecular complexity index is 1070. The molecule has 7 nitrogen and oxygen atoms in total. The number of carbonyl (C=O) groups is 2. The monoisotopic (exact) mass is 428 g/mol. The Kier molecular flexibility index (Phi) is 6.71. The molecule has 1 aromatic heterocycles. The van der Waals surface area contributed by atoms with Crippen LogP contribution in [0.3, 0.4) is 0 Å². The molecule has 158 valence electrons. The summed E-state index contributed by atoms with van der Waals surface area (Å²) in [6.07, 6.45) is 0.493. The number of hydrogen-bond donors (Lipinski definition) is 0. The van der Waals surface area contributed by atoms with Gasteiger partial charge in [-0.15, -0.1) is 0 Å². The van der Waals surface area contributed by atoms with Crippen molar-refractivity contribution in [3.05, 3.63) is 90.0 Å². The van der Waals surface area contributed by atoms with Gasteiger partial charge in [-0.2, -0.15) is 23.3 Å². The van der Waals surface area contributed by atoms with Crippen LogP contribution in [0.25, 0.3) is 0 Å². The lowest BCUT2D eigenvalue weighted by Gasteiger charge is -2.18. The molecule has 10 heteroatoms. The van der Waals surface area contributed by atoms with E-state index in [0.717, 1.165) is 29.4 Å². The molecule has 0 bridgehead atoms. The molecule has 0 N–H and O–H groups in total. The van der Waals surface area contributed by atoms with Crippen LogP contribution >= 0.6 is 0 Å². The Morgan fingerprint density at radius 3 is 2.52 bits per heavy atom. The summed E-state index contributed by atoms with van der Waals surface area (Å²) in [6, 6.07) is 12.8. The zero-order chi connectivity index (χ0) is 22.3. The number of ether oxygens (including phenoxy) is 1. The molecular formula is C21H15F3N4O3. The number of nitrogens with zero attached hydrogens (tertiary/aromatic N) is 4. The van der Waals surface area contributed by atoms with Gasteiger partial charge in [0.2, 0.25) is 0 Å². The minimum atomic E-state index is -4.60. The molecule has 1 heterocycles. The van der Waals surface area contributed by atoms with Crippen LogP contribution in [-0.2, 0) is 15.7 Å². The second-order valence-electron chi connectivity index (χ2n) is 6.08. The molecule has 2 aromatic carbocycles. The second-order valence-corrected chi connectivity index (χ2v) is 6.08. The summed E-state index contributed by atoms with van der Waals surface area (Å²) in [5.74, 6) is -1.76. The van der Waals surface area contributed by atoms with Gasteiger partial charge >= 0.3 is 12.1 Å². The van der Waals surface area contributed by atoms with E-state index in [2.05, 4.69) is 15.1 Å². The van der Waals surface area contributed by atoms with Crippen molar-refractivity contribution in [2.75, 3.05) is 11.6 Å². The molecule has 0 aliphatic heterocycles. The molecule has 1 amide bonds. The van der Waals surface area contributed by atoms with Crippen molar-refractivity contribution in [1.29, 1.82) is 0 Å². The highest BCUT2D eigenvalue weighted by molar-refractivity contribution is 5.97. The topological polar surface area (TPSA) is 84.8 Å². The van der Waals surface area contributed by atoms with E-state index < -0.39 is 30.2 Å². The number of halogens is 3. The molecule has 0 aliphatic rings. The number of aromatic nitrogens is 2. The first-order valence-electron chi connectivity index (χ1n) is 8.87. The minimum Gasteiger partial charge on any atom is -0.451 e. The number of esters is 1. The largest absolute Gasteiger partial charge is 0.451 e. The van der Waals surface area contributed by atoms with E-state index in [9.17, 15) is 22.8 Å². The predicted octanol–water partition coefficient (Wildman–Crippen LogP) is 3.72. The summed E-state index contributed by atoms with van der Waals surface area (Å²) in [5, 5.41) is 4.75. The van der Waals surface area contributed by atoms with Crippen molar-refractivity contribution >= 4 is 23.8 Å². The molecule has 0 aliphatic carbocycles. The molecule has 0 saturated heterocycles. The van der Waals surface area contributed by atoms with Gasteiger partial charge in [-0.1, -0.05) is 36.4 Å². The van der Waals surface area contributed by atoms with Gasteiger partial charge in [0, 0.05) is 12.4 Å². The molecule has 0 spiro atoms. The molecule has 31 heavy (non-hydrogen) atoms. The van der Waals surface area contributed by atoms with Crippen LogP contribution in [0.15, 0.2) is 78.3 Å².